The number of carbonyl (C=O) groups excluding carboxylic acids is 2. The van der Waals surface area contributed by atoms with E-state index in [-0.39, 0.29) is 16.4 Å². The molecule has 0 unspecified atom stereocenters. The molecule has 184 valence electrons. The van der Waals surface area contributed by atoms with Crippen LogP contribution in [-0.4, -0.2) is 26.6 Å². The van der Waals surface area contributed by atoms with Crippen molar-refractivity contribution in [2.45, 2.75) is 19.3 Å². The molecule has 3 N–H and O–H groups in total. The van der Waals surface area contributed by atoms with Gasteiger partial charge in [-0.05, 0) is 54.8 Å². The van der Waals surface area contributed by atoms with E-state index >= 15 is 0 Å². The maximum absolute atomic E-state index is 13.7. The van der Waals surface area contributed by atoms with Gasteiger partial charge in [0.15, 0.2) is 5.78 Å². The highest BCUT2D eigenvalue weighted by molar-refractivity contribution is 6.36. The third kappa shape index (κ3) is 4.07. The molecular weight excluding hydrogens is 500 g/mol. The highest BCUT2D eigenvalue weighted by Crippen LogP contribution is 2.41. The van der Waals surface area contributed by atoms with Gasteiger partial charge in [0.2, 0.25) is 0 Å². The van der Waals surface area contributed by atoms with Crippen molar-refractivity contribution in [3.8, 4) is 11.1 Å². The third-order valence-corrected chi connectivity index (χ3v) is 6.70. The molecule has 10 heteroatoms. The van der Waals surface area contributed by atoms with Crippen molar-refractivity contribution in [3.05, 3.63) is 88.0 Å². The van der Waals surface area contributed by atoms with Crippen LogP contribution in [0.1, 0.15) is 40.2 Å². The normalized spacial score (nSPS) is 15.5. The third-order valence-electron chi connectivity index (χ3n) is 6.41. The number of nitrogens with one attached hydrogen (secondary N) is 3. The maximum atomic E-state index is 13.7. The van der Waals surface area contributed by atoms with E-state index < -0.39 is 17.5 Å². The Kier molecular flexibility index (Phi) is 5.57. The number of Topliss-reactive ketones (excluding diaryl/α,β-unsaturated/α-hetero) is 1. The lowest BCUT2D eigenvalue weighted by Gasteiger charge is -2.12. The quantitative estimate of drug-likeness (QED) is 0.282. The monoisotopic (exact) mass is 517 g/mol. The average Bonchev–Trinajstić information content (AvgIpc) is 3.40. The minimum Gasteiger partial charge on any atom is -0.358 e. The highest BCUT2D eigenvalue weighted by Gasteiger charge is 2.32. The fraction of sp³-hybridized carbons (Fsp3) is 0.111. The number of aromatic amines is 1. The van der Waals surface area contributed by atoms with Crippen molar-refractivity contribution in [1.82, 2.24) is 15.0 Å². The number of hydrogen-bond donors (Lipinski definition) is 3. The summed E-state index contributed by atoms with van der Waals surface area (Å²) in [6.07, 6.45) is 4.77. The van der Waals surface area contributed by atoms with E-state index in [0.29, 0.717) is 58.1 Å². The summed E-state index contributed by atoms with van der Waals surface area (Å²) in [5, 5.41) is 5.75. The van der Waals surface area contributed by atoms with Crippen molar-refractivity contribution in [3.63, 3.8) is 0 Å². The molecule has 0 radical (unpaired) electrons. The number of hydrogen-bond acceptors (Lipinski definition) is 5. The average molecular weight is 518 g/mol. The van der Waals surface area contributed by atoms with Crippen LogP contribution >= 0.6 is 11.6 Å². The van der Waals surface area contributed by atoms with E-state index in [4.69, 9.17) is 11.6 Å². The second kappa shape index (κ2) is 8.94. The molecule has 4 aromatic rings. The summed E-state index contributed by atoms with van der Waals surface area (Å²) in [4.78, 5) is 37.8. The Morgan fingerprint density at radius 2 is 1.78 bits per heavy atom. The zero-order chi connectivity index (χ0) is 25.7. The molecule has 0 fully saturated rings. The van der Waals surface area contributed by atoms with Crippen LogP contribution in [0.2, 0.25) is 5.02 Å². The number of anilines is 3. The fourth-order valence-electron chi connectivity index (χ4n) is 4.76. The minimum absolute atomic E-state index is 0.00312. The van der Waals surface area contributed by atoms with Crippen LogP contribution in [0.5, 0.6) is 0 Å². The zero-order valence-corrected chi connectivity index (χ0v) is 19.9. The number of ketones is 1. The molecular formula is C27H18ClF2N5O2. The minimum atomic E-state index is -0.559. The van der Waals surface area contributed by atoms with Gasteiger partial charge in [-0.2, -0.15) is 0 Å². The molecule has 37 heavy (non-hydrogen) atoms. The zero-order valence-electron chi connectivity index (χ0n) is 19.2. The number of fused-ring (bicyclic) bond motifs is 2. The van der Waals surface area contributed by atoms with Gasteiger partial charge in [-0.1, -0.05) is 23.7 Å². The van der Waals surface area contributed by atoms with Crippen LogP contribution in [-0.2, 0) is 11.2 Å². The number of H-pyrrole nitrogens is 1. The summed E-state index contributed by atoms with van der Waals surface area (Å²) in [6, 6.07) is 10.0. The molecule has 0 bridgehead atoms. The molecule has 6 rings (SSSR count). The first kappa shape index (κ1) is 23.1. The first-order valence-corrected chi connectivity index (χ1v) is 11.9. The van der Waals surface area contributed by atoms with Gasteiger partial charge in [0.25, 0.3) is 5.91 Å². The summed E-state index contributed by atoms with van der Waals surface area (Å²) in [7, 11) is 0. The van der Waals surface area contributed by atoms with E-state index in [9.17, 15) is 18.4 Å². The molecule has 2 aliphatic rings. The lowest BCUT2D eigenvalue weighted by Crippen LogP contribution is -2.10. The molecule has 7 nitrogen and oxygen atoms in total. The smallest absolute Gasteiger partial charge is 0.257 e. The molecule has 0 saturated heterocycles. The van der Waals surface area contributed by atoms with E-state index in [1.807, 2.05) is 0 Å². The summed E-state index contributed by atoms with van der Waals surface area (Å²) in [6.45, 7) is 0. The summed E-state index contributed by atoms with van der Waals surface area (Å²) >= 11 is 5.92. The van der Waals surface area contributed by atoms with Gasteiger partial charge in [-0.25, -0.2) is 18.7 Å². The number of halogens is 3. The first-order valence-electron chi connectivity index (χ1n) is 11.5. The Morgan fingerprint density at radius 3 is 2.57 bits per heavy atom. The number of rotatable bonds is 4. The second-order valence-corrected chi connectivity index (χ2v) is 9.17. The van der Waals surface area contributed by atoms with E-state index in [1.165, 1.54) is 36.7 Å². The predicted octanol–water partition coefficient (Wildman–Crippen LogP) is 6.16. The fourth-order valence-corrected chi connectivity index (χ4v) is 4.94. The molecule has 0 saturated carbocycles. The van der Waals surface area contributed by atoms with Gasteiger partial charge in [0, 0.05) is 34.6 Å². The van der Waals surface area contributed by atoms with Crippen LogP contribution in [0.3, 0.4) is 0 Å². The Balaban J connectivity index is 1.50. The standard InChI is InChI=1S/C27H18ClF2N5O2/c28-17-10-15(8-9-18(17)30)33-25-23-16(27(37)35-26(23)32-12-31-25)11-20-22(13-4-6-14(29)7-5-13)24-19(34-20)2-1-3-21(24)36/h4-12,34H,1-3H2,(H2,31,32,33,35,37)/b16-11-. The number of aromatic nitrogens is 3. The molecule has 1 amide bonds. The van der Waals surface area contributed by atoms with Gasteiger partial charge < -0.3 is 15.6 Å². The van der Waals surface area contributed by atoms with Crippen LogP contribution in [0.4, 0.5) is 26.1 Å². The Morgan fingerprint density at radius 1 is 0.973 bits per heavy atom. The number of carbonyl (C=O) groups is 2. The Bertz CT molecular complexity index is 1630. The predicted molar refractivity (Wildman–Crippen MR) is 137 cm³/mol. The molecule has 1 aliphatic heterocycles. The molecule has 2 aromatic carbocycles. The van der Waals surface area contributed by atoms with E-state index in [0.717, 1.165) is 12.1 Å². The SMILES string of the molecule is O=C1Nc2ncnc(Nc3ccc(F)c(Cl)c3)c2/C1=C/c1[nH]c2c(c1-c1ccc(F)cc1)C(=O)CCC2. The Labute approximate surface area is 214 Å². The number of nitrogens with zero attached hydrogens (tertiary/aromatic N) is 2. The summed E-state index contributed by atoms with van der Waals surface area (Å²) in [5.74, 6) is -0.740. The number of aryl methyl sites for hydroxylation is 1. The molecule has 3 heterocycles. The largest absolute Gasteiger partial charge is 0.358 e. The van der Waals surface area contributed by atoms with E-state index in [2.05, 4.69) is 25.6 Å². The first-order chi connectivity index (χ1) is 17.9. The molecule has 0 atom stereocenters. The van der Waals surface area contributed by atoms with E-state index in [1.54, 1.807) is 18.2 Å². The van der Waals surface area contributed by atoms with Crippen molar-refractivity contribution in [2.75, 3.05) is 10.6 Å². The molecule has 0 spiro atoms. The summed E-state index contributed by atoms with van der Waals surface area (Å²) < 4.78 is 27.3. The highest BCUT2D eigenvalue weighted by atomic mass is 35.5. The van der Waals surface area contributed by atoms with Crippen LogP contribution in [0.15, 0.2) is 48.8 Å². The van der Waals surface area contributed by atoms with Gasteiger partial charge >= 0.3 is 0 Å². The van der Waals surface area contributed by atoms with Crippen molar-refractivity contribution in [2.24, 2.45) is 0 Å². The van der Waals surface area contributed by atoms with Crippen LogP contribution < -0.4 is 10.6 Å². The summed E-state index contributed by atoms with van der Waals surface area (Å²) in [5.41, 5.74) is 4.31. The molecule has 2 aromatic heterocycles. The van der Waals surface area contributed by atoms with Crippen molar-refractivity contribution >= 4 is 52.3 Å². The number of amides is 1. The van der Waals surface area contributed by atoms with Gasteiger partial charge in [0.1, 0.15) is 29.6 Å². The van der Waals surface area contributed by atoms with Gasteiger partial charge in [-0.15, -0.1) is 0 Å². The Hall–Kier alpha value is -4.37. The van der Waals surface area contributed by atoms with Gasteiger partial charge in [0.05, 0.1) is 16.2 Å². The maximum Gasteiger partial charge on any atom is 0.257 e. The van der Waals surface area contributed by atoms with Crippen LogP contribution in [0.25, 0.3) is 22.8 Å². The lowest BCUT2D eigenvalue weighted by atomic mass is 9.90. The van der Waals surface area contributed by atoms with Crippen molar-refractivity contribution in [1.29, 1.82) is 0 Å². The molecule has 1 aliphatic carbocycles. The second-order valence-electron chi connectivity index (χ2n) is 8.76. The van der Waals surface area contributed by atoms with Gasteiger partial charge in [-0.3, -0.25) is 9.59 Å². The topological polar surface area (TPSA) is 99.8 Å². The van der Waals surface area contributed by atoms with Crippen LogP contribution in [0, 0.1) is 11.6 Å². The van der Waals surface area contributed by atoms with Crippen molar-refractivity contribution < 1.29 is 18.4 Å². The lowest BCUT2D eigenvalue weighted by molar-refractivity contribution is -0.110. The number of benzene rings is 2.